The molecule has 0 spiro atoms. The fraction of sp³-hybridized carbons (Fsp3) is 0.423. The number of nitriles is 1. The van der Waals surface area contributed by atoms with Crippen LogP contribution in [-0.4, -0.2) is 43.8 Å². The number of benzene rings is 2. The molecule has 2 fully saturated rings. The average Bonchev–Trinajstić information content (AvgIpc) is 3.07. The van der Waals surface area contributed by atoms with Gasteiger partial charge in [0.25, 0.3) is 5.91 Å². The number of fused-ring (bicyclic) bond motifs is 2. The van der Waals surface area contributed by atoms with Crippen LogP contribution in [0.5, 0.6) is 0 Å². The molecule has 0 radical (unpaired) electrons. The zero-order valence-corrected chi connectivity index (χ0v) is 20.9. The van der Waals surface area contributed by atoms with Gasteiger partial charge in [-0.2, -0.15) is 9.57 Å². The first-order valence-corrected chi connectivity index (χ1v) is 12.9. The number of anilines is 1. The molecule has 0 aromatic heterocycles. The third kappa shape index (κ3) is 5.24. The maximum Gasteiger partial charge on any atom is 0.338 e. The Morgan fingerprint density at radius 3 is 2.63 bits per heavy atom. The fourth-order valence-corrected chi connectivity index (χ4v) is 7.52. The summed E-state index contributed by atoms with van der Waals surface area (Å²) in [6.07, 6.45) is 2.60. The summed E-state index contributed by atoms with van der Waals surface area (Å²) in [6.45, 7) is 6.39. The molecule has 184 valence electrons. The number of carbonyl (C=O) groups excluding carboxylic acids is 2. The van der Waals surface area contributed by atoms with Crippen LogP contribution in [0.2, 0.25) is 0 Å². The van der Waals surface area contributed by atoms with Gasteiger partial charge >= 0.3 is 5.97 Å². The number of para-hydroxylation sites is 1. The number of nitrogens with one attached hydrogen (secondary N) is 1. The van der Waals surface area contributed by atoms with Crippen molar-refractivity contribution < 1.29 is 22.7 Å². The summed E-state index contributed by atoms with van der Waals surface area (Å²) in [4.78, 5) is 24.8. The monoisotopic (exact) mass is 495 g/mol. The molecule has 2 aromatic carbocycles. The lowest BCUT2D eigenvalue weighted by Crippen LogP contribution is -2.37. The van der Waals surface area contributed by atoms with E-state index in [0.717, 1.165) is 19.3 Å². The summed E-state index contributed by atoms with van der Waals surface area (Å²) < 4.78 is 33.7. The first-order chi connectivity index (χ1) is 16.4. The van der Waals surface area contributed by atoms with E-state index >= 15 is 0 Å². The van der Waals surface area contributed by atoms with Crippen LogP contribution in [0.25, 0.3) is 0 Å². The van der Waals surface area contributed by atoms with Gasteiger partial charge in [0.15, 0.2) is 6.61 Å². The van der Waals surface area contributed by atoms with Gasteiger partial charge < -0.3 is 10.1 Å². The largest absolute Gasteiger partial charge is 0.452 e. The van der Waals surface area contributed by atoms with Gasteiger partial charge in [0.1, 0.15) is 6.07 Å². The van der Waals surface area contributed by atoms with Crippen molar-refractivity contribution in [2.24, 2.45) is 10.8 Å². The topological polar surface area (TPSA) is 117 Å². The highest BCUT2D eigenvalue weighted by molar-refractivity contribution is 7.89. The molecule has 1 N–H and O–H groups in total. The van der Waals surface area contributed by atoms with E-state index in [4.69, 9.17) is 10.00 Å². The molecule has 8 nitrogen and oxygen atoms in total. The molecule has 1 amide bonds. The van der Waals surface area contributed by atoms with Crippen molar-refractivity contribution in [3.8, 4) is 6.07 Å². The quantitative estimate of drug-likeness (QED) is 0.607. The van der Waals surface area contributed by atoms with Gasteiger partial charge in [0.05, 0.1) is 21.7 Å². The van der Waals surface area contributed by atoms with Gasteiger partial charge in [0, 0.05) is 12.6 Å². The predicted molar refractivity (Wildman–Crippen MR) is 130 cm³/mol. The zero-order chi connectivity index (χ0) is 25.4. The number of ether oxygens (including phenoxy) is 1. The molecule has 4 rings (SSSR count). The van der Waals surface area contributed by atoms with Crippen LogP contribution in [-0.2, 0) is 19.6 Å². The Balaban J connectivity index is 1.44. The van der Waals surface area contributed by atoms with E-state index in [2.05, 4.69) is 26.1 Å². The lowest BCUT2D eigenvalue weighted by Gasteiger charge is -2.39. The molecule has 2 aliphatic rings. The molecule has 1 heterocycles. The summed E-state index contributed by atoms with van der Waals surface area (Å²) in [5.41, 5.74) is 0.658. The second-order valence-electron chi connectivity index (χ2n) is 10.6. The van der Waals surface area contributed by atoms with Crippen molar-refractivity contribution in [2.45, 2.75) is 51.0 Å². The molecule has 1 saturated carbocycles. The number of esters is 1. The van der Waals surface area contributed by atoms with E-state index in [9.17, 15) is 18.0 Å². The van der Waals surface area contributed by atoms with Crippen LogP contribution >= 0.6 is 0 Å². The lowest BCUT2D eigenvalue weighted by atomic mass is 9.65. The average molecular weight is 496 g/mol. The zero-order valence-electron chi connectivity index (χ0n) is 20.1. The minimum Gasteiger partial charge on any atom is -0.452 e. The van der Waals surface area contributed by atoms with Crippen molar-refractivity contribution in [1.82, 2.24) is 4.31 Å². The maximum absolute atomic E-state index is 13.5. The van der Waals surface area contributed by atoms with Crippen molar-refractivity contribution in [3.63, 3.8) is 0 Å². The smallest absolute Gasteiger partial charge is 0.338 e. The Hall–Kier alpha value is -3.22. The van der Waals surface area contributed by atoms with Crippen molar-refractivity contribution in [1.29, 1.82) is 5.26 Å². The molecular weight excluding hydrogens is 466 g/mol. The van der Waals surface area contributed by atoms with Crippen LogP contribution in [0.1, 0.15) is 56.0 Å². The molecule has 2 atom stereocenters. The highest BCUT2D eigenvalue weighted by Gasteiger charge is 2.53. The summed E-state index contributed by atoms with van der Waals surface area (Å²) in [6, 6.07) is 14.1. The Kier molecular flexibility index (Phi) is 6.47. The van der Waals surface area contributed by atoms with Crippen molar-refractivity contribution >= 4 is 27.6 Å². The first-order valence-electron chi connectivity index (χ1n) is 11.5. The van der Waals surface area contributed by atoms with E-state index in [1.165, 1.54) is 24.3 Å². The molecular formula is C26H29N3O5S. The Morgan fingerprint density at radius 1 is 1.14 bits per heavy atom. The molecule has 2 unspecified atom stereocenters. The molecule has 2 aromatic rings. The van der Waals surface area contributed by atoms with Crippen molar-refractivity contribution in [3.05, 3.63) is 59.7 Å². The van der Waals surface area contributed by atoms with E-state index in [0.29, 0.717) is 12.2 Å². The predicted octanol–water partition coefficient (Wildman–Crippen LogP) is 3.94. The van der Waals surface area contributed by atoms with Gasteiger partial charge in [-0.25, -0.2) is 13.2 Å². The van der Waals surface area contributed by atoms with Crippen LogP contribution in [0.4, 0.5) is 5.69 Å². The second-order valence-corrected chi connectivity index (χ2v) is 12.5. The first kappa shape index (κ1) is 24.9. The van der Waals surface area contributed by atoms with Crippen LogP contribution in [0.3, 0.4) is 0 Å². The summed E-state index contributed by atoms with van der Waals surface area (Å²) in [5, 5.41) is 11.7. The van der Waals surface area contributed by atoms with Gasteiger partial charge in [-0.3, -0.25) is 4.79 Å². The Bertz CT molecular complexity index is 1310. The van der Waals surface area contributed by atoms with E-state index in [1.807, 2.05) is 6.07 Å². The van der Waals surface area contributed by atoms with Crippen LogP contribution in [0.15, 0.2) is 53.4 Å². The summed E-state index contributed by atoms with van der Waals surface area (Å²) >= 11 is 0. The third-order valence-electron chi connectivity index (χ3n) is 6.70. The number of nitrogens with zero attached hydrogens (tertiary/aromatic N) is 2. The molecule has 9 heteroatoms. The molecule has 1 aliphatic carbocycles. The van der Waals surface area contributed by atoms with Gasteiger partial charge in [-0.15, -0.1) is 0 Å². The number of sulfonamides is 1. The standard InChI is InChI=1S/C26H29N3O5S/c1-25(2)12-20-13-26(3,16-25)17-29(20)35(32,33)21-9-6-8-18(11-21)24(31)34-15-23(30)28-22-10-5-4-7-19(22)14-27/h4-11,20H,12-13,15-17H2,1-3H3,(H,28,30). The lowest BCUT2D eigenvalue weighted by molar-refractivity contribution is -0.119. The minimum absolute atomic E-state index is 0.0355. The van der Waals surface area contributed by atoms with Crippen LogP contribution in [0, 0.1) is 22.2 Å². The molecule has 35 heavy (non-hydrogen) atoms. The van der Waals surface area contributed by atoms with E-state index in [-0.39, 0.29) is 32.9 Å². The summed E-state index contributed by atoms with van der Waals surface area (Å²) in [7, 11) is -3.80. The van der Waals surface area contributed by atoms with Crippen LogP contribution < -0.4 is 5.32 Å². The molecule has 1 aliphatic heterocycles. The fourth-order valence-electron chi connectivity index (χ4n) is 5.70. The molecule has 1 saturated heterocycles. The van der Waals surface area contributed by atoms with Gasteiger partial charge in [-0.05, 0) is 60.4 Å². The number of hydrogen-bond donors (Lipinski definition) is 1. The number of carbonyl (C=O) groups is 2. The Labute approximate surface area is 205 Å². The minimum atomic E-state index is -3.80. The summed E-state index contributed by atoms with van der Waals surface area (Å²) in [5.74, 6) is -1.41. The highest BCUT2D eigenvalue weighted by Crippen LogP contribution is 2.53. The number of rotatable bonds is 6. The normalized spacial score (nSPS) is 23.3. The molecule has 2 bridgehead atoms. The van der Waals surface area contributed by atoms with Gasteiger partial charge in [0.2, 0.25) is 10.0 Å². The Morgan fingerprint density at radius 2 is 1.89 bits per heavy atom. The highest BCUT2D eigenvalue weighted by atomic mass is 32.2. The van der Waals surface area contributed by atoms with Gasteiger partial charge in [-0.1, -0.05) is 39.0 Å². The SMILES string of the molecule is CC1(C)CC2CC(C)(CN2S(=O)(=O)c2cccc(C(=O)OCC(=O)Nc3ccccc3C#N)c2)C1. The van der Waals surface area contributed by atoms with Crippen molar-refractivity contribution in [2.75, 3.05) is 18.5 Å². The number of hydrogen-bond acceptors (Lipinski definition) is 6. The van der Waals surface area contributed by atoms with E-state index in [1.54, 1.807) is 28.6 Å². The second kappa shape index (κ2) is 9.10. The third-order valence-corrected chi connectivity index (χ3v) is 8.59. The number of amides is 1. The maximum atomic E-state index is 13.5. The van der Waals surface area contributed by atoms with E-state index < -0.39 is 28.5 Å².